The standard InChI is InChI=1S/C13H25NO3/c1-10(2)6-8-17-11-5-4-7-13(9-11,14-3)12(15)16/h10-11,14H,4-9H2,1-3H3,(H,15,16). The van der Waals surface area contributed by atoms with E-state index in [-0.39, 0.29) is 6.10 Å². The molecule has 2 N–H and O–H groups in total. The van der Waals surface area contributed by atoms with E-state index in [1.807, 2.05) is 0 Å². The van der Waals surface area contributed by atoms with Crippen LogP contribution in [0.4, 0.5) is 0 Å². The third-order valence-electron chi connectivity index (χ3n) is 3.64. The van der Waals surface area contributed by atoms with Gasteiger partial charge in [0.1, 0.15) is 5.54 Å². The maximum absolute atomic E-state index is 11.3. The van der Waals surface area contributed by atoms with Gasteiger partial charge in [0.05, 0.1) is 6.10 Å². The summed E-state index contributed by atoms with van der Waals surface area (Å²) in [6.07, 6.45) is 4.30. The van der Waals surface area contributed by atoms with Gasteiger partial charge in [0.2, 0.25) is 0 Å². The third-order valence-corrected chi connectivity index (χ3v) is 3.64. The lowest BCUT2D eigenvalue weighted by molar-refractivity contribution is -0.148. The summed E-state index contributed by atoms with van der Waals surface area (Å²) in [6.45, 7) is 5.07. The number of rotatable bonds is 6. The van der Waals surface area contributed by atoms with Crippen LogP contribution < -0.4 is 5.32 Å². The molecule has 0 aromatic heterocycles. The lowest BCUT2D eigenvalue weighted by atomic mass is 9.80. The number of carboxylic acid groups (broad SMARTS) is 1. The topological polar surface area (TPSA) is 58.6 Å². The predicted molar refractivity (Wildman–Crippen MR) is 67.1 cm³/mol. The van der Waals surface area contributed by atoms with Crippen molar-refractivity contribution >= 4 is 5.97 Å². The van der Waals surface area contributed by atoms with Gasteiger partial charge in [-0.15, -0.1) is 0 Å². The molecule has 100 valence electrons. The van der Waals surface area contributed by atoms with Crippen LogP contribution in [0.5, 0.6) is 0 Å². The molecule has 0 aromatic rings. The van der Waals surface area contributed by atoms with Crippen molar-refractivity contribution in [2.24, 2.45) is 5.92 Å². The van der Waals surface area contributed by atoms with E-state index in [0.29, 0.717) is 18.8 Å². The number of hydrogen-bond donors (Lipinski definition) is 2. The largest absolute Gasteiger partial charge is 0.480 e. The molecular weight excluding hydrogens is 218 g/mol. The van der Waals surface area contributed by atoms with Gasteiger partial charge in [0, 0.05) is 13.0 Å². The lowest BCUT2D eigenvalue weighted by Gasteiger charge is -2.37. The van der Waals surface area contributed by atoms with Crippen molar-refractivity contribution in [2.75, 3.05) is 13.7 Å². The summed E-state index contributed by atoms with van der Waals surface area (Å²) in [7, 11) is 1.73. The summed E-state index contributed by atoms with van der Waals surface area (Å²) >= 11 is 0. The van der Waals surface area contributed by atoms with Crippen molar-refractivity contribution in [2.45, 2.75) is 57.6 Å². The molecule has 0 saturated heterocycles. The van der Waals surface area contributed by atoms with Crippen LogP contribution in [0.15, 0.2) is 0 Å². The Morgan fingerprint density at radius 1 is 1.59 bits per heavy atom. The van der Waals surface area contributed by atoms with Crippen molar-refractivity contribution in [3.8, 4) is 0 Å². The molecular formula is C13H25NO3. The van der Waals surface area contributed by atoms with Crippen LogP contribution in [0.3, 0.4) is 0 Å². The van der Waals surface area contributed by atoms with E-state index in [1.165, 1.54) is 0 Å². The fourth-order valence-electron chi connectivity index (χ4n) is 2.37. The number of hydrogen-bond acceptors (Lipinski definition) is 3. The molecule has 1 rings (SSSR count). The highest BCUT2D eigenvalue weighted by Gasteiger charge is 2.41. The van der Waals surface area contributed by atoms with Crippen LogP contribution in [0.1, 0.15) is 46.0 Å². The van der Waals surface area contributed by atoms with Crippen molar-refractivity contribution in [1.29, 1.82) is 0 Å². The molecule has 0 aliphatic heterocycles. The molecule has 0 radical (unpaired) electrons. The average Bonchev–Trinajstić information content (AvgIpc) is 2.28. The molecule has 17 heavy (non-hydrogen) atoms. The fraction of sp³-hybridized carbons (Fsp3) is 0.923. The van der Waals surface area contributed by atoms with Crippen molar-refractivity contribution < 1.29 is 14.6 Å². The van der Waals surface area contributed by atoms with Gasteiger partial charge in [-0.25, -0.2) is 0 Å². The molecule has 2 atom stereocenters. The highest BCUT2D eigenvalue weighted by atomic mass is 16.5. The van der Waals surface area contributed by atoms with Crippen LogP contribution in [0.25, 0.3) is 0 Å². The van der Waals surface area contributed by atoms with E-state index in [9.17, 15) is 9.90 Å². The molecule has 4 heteroatoms. The van der Waals surface area contributed by atoms with Crippen molar-refractivity contribution in [1.82, 2.24) is 5.32 Å². The highest BCUT2D eigenvalue weighted by Crippen LogP contribution is 2.30. The molecule has 0 bridgehead atoms. The number of aliphatic carboxylic acids is 1. The normalized spacial score (nSPS) is 29.5. The quantitative estimate of drug-likeness (QED) is 0.749. The van der Waals surface area contributed by atoms with Gasteiger partial charge in [-0.05, 0) is 38.6 Å². The molecule has 1 fully saturated rings. The fourth-order valence-corrected chi connectivity index (χ4v) is 2.37. The summed E-state index contributed by atoms with van der Waals surface area (Å²) in [5, 5.41) is 12.3. The van der Waals surface area contributed by atoms with E-state index in [1.54, 1.807) is 7.05 Å². The van der Waals surface area contributed by atoms with E-state index in [2.05, 4.69) is 19.2 Å². The first-order valence-corrected chi connectivity index (χ1v) is 6.54. The predicted octanol–water partition coefficient (Wildman–Crippen LogP) is 2.03. The first kappa shape index (κ1) is 14.5. The number of carbonyl (C=O) groups is 1. The second kappa shape index (κ2) is 6.36. The molecule has 0 aromatic carbocycles. The molecule has 0 heterocycles. The monoisotopic (exact) mass is 243 g/mol. The number of likely N-dealkylation sites (N-methyl/N-ethyl adjacent to an activating group) is 1. The zero-order valence-corrected chi connectivity index (χ0v) is 11.2. The zero-order valence-electron chi connectivity index (χ0n) is 11.2. The Labute approximate surface area is 104 Å². The van der Waals surface area contributed by atoms with Crippen LogP contribution in [0, 0.1) is 5.92 Å². The molecule has 1 saturated carbocycles. The summed E-state index contributed by atoms with van der Waals surface area (Å²) in [6, 6.07) is 0. The number of ether oxygens (including phenoxy) is 1. The number of carboxylic acids is 1. The lowest BCUT2D eigenvalue weighted by Crippen LogP contribution is -2.54. The van der Waals surface area contributed by atoms with Crippen molar-refractivity contribution in [3.05, 3.63) is 0 Å². The van der Waals surface area contributed by atoms with Crippen LogP contribution in [-0.2, 0) is 9.53 Å². The Morgan fingerprint density at radius 3 is 2.82 bits per heavy atom. The minimum absolute atomic E-state index is 0.0889. The van der Waals surface area contributed by atoms with Gasteiger partial charge >= 0.3 is 5.97 Å². The van der Waals surface area contributed by atoms with Crippen LogP contribution in [-0.4, -0.2) is 36.4 Å². The highest BCUT2D eigenvalue weighted by molar-refractivity contribution is 5.79. The van der Waals surface area contributed by atoms with Gasteiger partial charge in [-0.3, -0.25) is 4.79 Å². The summed E-state index contributed by atoms with van der Waals surface area (Å²) in [5.41, 5.74) is -0.777. The Bertz CT molecular complexity index is 255. The first-order chi connectivity index (χ1) is 8.00. The summed E-state index contributed by atoms with van der Waals surface area (Å²) < 4.78 is 5.80. The first-order valence-electron chi connectivity index (χ1n) is 6.54. The van der Waals surface area contributed by atoms with Gasteiger partial charge in [0.25, 0.3) is 0 Å². The van der Waals surface area contributed by atoms with Gasteiger partial charge in [0.15, 0.2) is 0 Å². The minimum Gasteiger partial charge on any atom is -0.480 e. The molecule has 0 amide bonds. The van der Waals surface area contributed by atoms with E-state index >= 15 is 0 Å². The Morgan fingerprint density at radius 2 is 2.29 bits per heavy atom. The van der Waals surface area contributed by atoms with E-state index in [0.717, 1.165) is 25.9 Å². The summed E-state index contributed by atoms with van der Waals surface area (Å²) in [5.74, 6) is -0.121. The van der Waals surface area contributed by atoms with Crippen molar-refractivity contribution in [3.63, 3.8) is 0 Å². The summed E-state index contributed by atoms with van der Waals surface area (Å²) in [4.78, 5) is 11.3. The Kier molecular flexibility index (Phi) is 5.40. The Balaban J connectivity index is 2.45. The second-order valence-electron chi connectivity index (χ2n) is 5.41. The van der Waals surface area contributed by atoms with Gasteiger partial charge < -0.3 is 15.2 Å². The van der Waals surface area contributed by atoms with Gasteiger partial charge in [-0.1, -0.05) is 13.8 Å². The SMILES string of the molecule is CNC1(C(=O)O)CCCC(OCCC(C)C)C1. The maximum Gasteiger partial charge on any atom is 0.323 e. The van der Waals surface area contributed by atoms with Crippen LogP contribution in [0.2, 0.25) is 0 Å². The second-order valence-corrected chi connectivity index (χ2v) is 5.41. The molecule has 0 spiro atoms. The molecule has 1 aliphatic rings. The molecule has 1 aliphatic carbocycles. The Hall–Kier alpha value is -0.610. The third kappa shape index (κ3) is 3.96. The van der Waals surface area contributed by atoms with Gasteiger partial charge in [-0.2, -0.15) is 0 Å². The number of nitrogens with one attached hydrogen (secondary N) is 1. The molecule has 2 unspecified atom stereocenters. The maximum atomic E-state index is 11.3. The van der Waals surface area contributed by atoms with E-state index in [4.69, 9.17) is 4.74 Å². The van der Waals surface area contributed by atoms with Crippen LogP contribution >= 0.6 is 0 Å². The smallest absolute Gasteiger partial charge is 0.323 e. The van der Waals surface area contributed by atoms with E-state index < -0.39 is 11.5 Å². The average molecular weight is 243 g/mol. The molecule has 4 nitrogen and oxygen atoms in total. The minimum atomic E-state index is -0.777. The zero-order chi connectivity index (χ0) is 12.9.